The Morgan fingerprint density at radius 3 is 2.56 bits per heavy atom. The molecule has 2 fully saturated rings. The van der Waals surface area contributed by atoms with E-state index in [0.717, 1.165) is 38.9 Å². The lowest BCUT2D eigenvalue weighted by Gasteiger charge is -2.32. The van der Waals surface area contributed by atoms with E-state index in [-0.39, 0.29) is 29.6 Å². The quantitative estimate of drug-likeness (QED) is 0.867. The van der Waals surface area contributed by atoms with Gasteiger partial charge in [-0.15, -0.1) is 0 Å². The van der Waals surface area contributed by atoms with Crippen LogP contribution in [0.25, 0.3) is 0 Å². The van der Waals surface area contributed by atoms with Crippen LogP contribution in [0.15, 0.2) is 48.5 Å². The molecule has 1 amide bonds. The van der Waals surface area contributed by atoms with Crippen molar-refractivity contribution in [2.24, 2.45) is 5.92 Å². The minimum Gasteiger partial charge on any atom is -0.353 e. The van der Waals surface area contributed by atoms with Gasteiger partial charge < -0.3 is 5.32 Å². The molecule has 1 heterocycles. The van der Waals surface area contributed by atoms with Crippen LogP contribution in [0.4, 0.5) is 4.39 Å². The maximum atomic E-state index is 13.9. The number of carbonyl (C=O) groups excluding carboxylic acids is 1. The molecule has 0 bridgehead atoms. The first-order valence-corrected chi connectivity index (χ1v) is 9.93. The van der Waals surface area contributed by atoms with Crippen molar-refractivity contribution >= 4 is 5.91 Å². The highest BCUT2D eigenvalue weighted by Crippen LogP contribution is 2.48. The Hall–Kier alpha value is -2.20. The van der Waals surface area contributed by atoms with Gasteiger partial charge in [-0.3, -0.25) is 9.69 Å². The topological polar surface area (TPSA) is 32.3 Å². The van der Waals surface area contributed by atoms with E-state index < -0.39 is 0 Å². The van der Waals surface area contributed by atoms with Gasteiger partial charge in [0.1, 0.15) is 5.82 Å². The maximum Gasteiger partial charge on any atom is 0.223 e. The van der Waals surface area contributed by atoms with Gasteiger partial charge in [0.05, 0.1) is 0 Å². The molecule has 4 rings (SSSR count). The second-order valence-corrected chi connectivity index (χ2v) is 7.96. The molecule has 1 saturated heterocycles. The van der Waals surface area contributed by atoms with Crippen LogP contribution < -0.4 is 5.32 Å². The van der Waals surface area contributed by atoms with Gasteiger partial charge in [-0.1, -0.05) is 42.5 Å². The van der Waals surface area contributed by atoms with Crippen LogP contribution >= 0.6 is 0 Å². The van der Waals surface area contributed by atoms with Crippen molar-refractivity contribution in [3.8, 4) is 0 Å². The summed E-state index contributed by atoms with van der Waals surface area (Å²) in [6.45, 7) is 5.14. The van der Waals surface area contributed by atoms with E-state index in [9.17, 15) is 9.18 Å². The molecule has 3 nitrogen and oxygen atoms in total. The van der Waals surface area contributed by atoms with Gasteiger partial charge in [-0.05, 0) is 54.9 Å². The summed E-state index contributed by atoms with van der Waals surface area (Å²) >= 11 is 0. The molecule has 0 aromatic heterocycles. The fourth-order valence-corrected chi connectivity index (χ4v) is 4.18. The van der Waals surface area contributed by atoms with Gasteiger partial charge in [-0.2, -0.15) is 0 Å². The van der Waals surface area contributed by atoms with Gasteiger partial charge in [-0.25, -0.2) is 4.39 Å². The second kappa shape index (κ2) is 7.81. The molecule has 1 N–H and O–H groups in total. The summed E-state index contributed by atoms with van der Waals surface area (Å²) in [5.41, 5.74) is 3.40. The van der Waals surface area contributed by atoms with Crippen molar-refractivity contribution in [1.82, 2.24) is 10.2 Å². The Kier molecular flexibility index (Phi) is 5.26. The fourth-order valence-electron chi connectivity index (χ4n) is 4.18. The molecule has 2 aliphatic rings. The highest BCUT2D eigenvalue weighted by atomic mass is 19.1. The number of benzene rings is 2. The molecule has 1 aliphatic heterocycles. The number of carbonyl (C=O) groups is 1. The summed E-state index contributed by atoms with van der Waals surface area (Å²) in [5, 5.41) is 3.21. The lowest BCUT2D eigenvalue weighted by atomic mass is 10.0. The van der Waals surface area contributed by atoms with Crippen LogP contribution in [-0.2, 0) is 11.3 Å². The predicted molar refractivity (Wildman–Crippen MR) is 105 cm³/mol. The van der Waals surface area contributed by atoms with Crippen LogP contribution in [0.3, 0.4) is 0 Å². The number of piperidine rings is 1. The average molecular weight is 366 g/mol. The van der Waals surface area contributed by atoms with Crippen molar-refractivity contribution < 1.29 is 9.18 Å². The van der Waals surface area contributed by atoms with Crippen LogP contribution in [-0.4, -0.2) is 29.9 Å². The monoisotopic (exact) mass is 366 g/mol. The minimum atomic E-state index is -0.192. The second-order valence-electron chi connectivity index (χ2n) is 7.96. The molecule has 142 valence electrons. The molecule has 0 radical (unpaired) electrons. The third kappa shape index (κ3) is 4.22. The number of amides is 1. The van der Waals surface area contributed by atoms with Gasteiger partial charge >= 0.3 is 0 Å². The number of nitrogens with zero attached hydrogens (tertiary/aromatic N) is 1. The Labute approximate surface area is 160 Å². The van der Waals surface area contributed by atoms with Crippen molar-refractivity contribution in [3.63, 3.8) is 0 Å². The Morgan fingerprint density at radius 2 is 1.81 bits per heavy atom. The number of aryl methyl sites for hydroxylation is 1. The van der Waals surface area contributed by atoms with E-state index in [2.05, 4.69) is 41.4 Å². The van der Waals surface area contributed by atoms with Crippen LogP contribution in [0.1, 0.15) is 41.9 Å². The van der Waals surface area contributed by atoms with Crippen LogP contribution in [0, 0.1) is 18.7 Å². The van der Waals surface area contributed by atoms with E-state index in [0.29, 0.717) is 5.56 Å². The van der Waals surface area contributed by atoms with E-state index in [1.54, 1.807) is 12.1 Å². The number of nitrogens with one attached hydrogen (secondary N) is 1. The number of rotatable bonds is 5. The molecule has 1 aliphatic carbocycles. The average Bonchev–Trinajstić information content (AvgIpc) is 3.46. The zero-order chi connectivity index (χ0) is 18.8. The molecule has 27 heavy (non-hydrogen) atoms. The third-order valence-electron chi connectivity index (χ3n) is 6.02. The highest BCUT2D eigenvalue weighted by Gasteiger charge is 2.45. The molecule has 2 atom stereocenters. The zero-order valence-electron chi connectivity index (χ0n) is 15.8. The minimum absolute atomic E-state index is 0.0485. The van der Waals surface area contributed by atoms with Crippen LogP contribution in [0.2, 0.25) is 0 Å². The largest absolute Gasteiger partial charge is 0.353 e. The molecule has 0 spiro atoms. The molecular weight excluding hydrogens is 339 g/mol. The summed E-state index contributed by atoms with van der Waals surface area (Å²) in [4.78, 5) is 15.0. The van der Waals surface area contributed by atoms with Gasteiger partial charge in [0.25, 0.3) is 0 Å². The van der Waals surface area contributed by atoms with Gasteiger partial charge in [0.2, 0.25) is 5.91 Å². The van der Waals surface area contributed by atoms with Gasteiger partial charge in [0.15, 0.2) is 0 Å². The molecule has 2 unspecified atom stereocenters. The molecule has 4 heteroatoms. The number of halogens is 1. The maximum absolute atomic E-state index is 13.9. The van der Waals surface area contributed by atoms with Crippen molar-refractivity contribution in [3.05, 3.63) is 71.0 Å². The summed E-state index contributed by atoms with van der Waals surface area (Å²) in [6, 6.07) is 15.6. The third-order valence-corrected chi connectivity index (χ3v) is 6.02. The van der Waals surface area contributed by atoms with Gasteiger partial charge in [0, 0.05) is 31.6 Å². The number of hydrogen-bond donors (Lipinski definition) is 1. The van der Waals surface area contributed by atoms with E-state index in [1.165, 1.54) is 17.2 Å². The van der Waals surface area contributed by atoms with E-state index in [4.69, 9.17) is 0 Å². The standard InChI is InChI=1S/C23H27FN2O/c1-16-6-2-3-7-17(16)15-26-12-10-18(11-13-26)25-23(27)21-14-20(21)19-8-4-5-9-22(19)24/h2-9,18,20-21H,10-15H2,1H3,(H,25,27). The Morgan fingerprint density at radius 1 is 1.11 bits per heavy atom. The zero-order valence-corrected chi connectivity index (χ0v) is 15.8. The summed E-state index contributed by atoms with van der Waals surface area (Å²) < 4.78 is 13.9. The normalized spacial score (nSPS) is 23.2. The first-order valence-electron chi connectivity index (χ1n) is 9.93. The summed E-state index contributed by atoms with van der Waals surface area (Å²) in [5.74, 6) is -0.109. The summed E-state index contributed by atoms with van der Waals surface area (Å²) in [7, 11) is 0. The number of hydrogen-bond acceptors (Lipinski definition) is 2. The first kappa shape index (κ1) is 18.2. The van der Waals surface area contributed by atoms with E-state index >= 15 is 0 Å². The number of likely N-dealkylation sites (tertiary alicyclic amines) is 1. The van der Waals surface area contributed by atoms with Crippen molar-refractivity contribution in [2.75, 3.05) is 13.1 Å². The summed E-state index contributed by atoms with van der Waals surface area (Å²) in [6.07, 6.45) is 2.72. The Bertz CT molecular complexity index is 814. The fraction of sp³-hybridized carbons (Fsp3) is 0.435. The molecule has 2 aromatic carbocycles. The lowest BCUT2D eigenvalue weighted by Crippen LogP contribution is -2.45. The van der Waals surface area contributed by atoms with Crippen molar-refractivity contribution in [2.45, 2.75) is 44.7 Å². The first-order chi connectivity index (χ1) is 13.1. The van der Waals surface area contributed by atoms with Crippen molar-refractivity contribution in [1.29, 1.82) is 0 Å². The lowest BCUT2D eigenvalue weighted by molar-refractivity contribution is -0.123. The molecule has 2 aromatic rings. The van der Waals surface area contributed by atoms with E-state index in [1.807, 2.05) is 6.07 Å². The van der Waals surface area contributed by atoms with Crippen LogP contribution in [0.5, 0.6) is 0 Å². The molecule has 1 saturated carbocycles. The smallest absolute Gasteiger partial charge is 0.223 e. The predicted octanol–water partition coefficient (Wildman–Crippen LogP) is 4.02. The SMILES string of the molecule is Cc1ccccc1CN1CCC(NC(=O)C2CC2c2ccccc2F)CC1. The highest BCUT2D eigenvalue weighted by molar-refractivity contribution is 5.83. The Balaban J connectivity index is 1.25. The molecular formula is C23H27FN2O.